The number of alkyl halides is 3. The van der Waals surface area contributed by atoms with Gasteiger partial charge in [0.15, 0.2) is 0 Å². The van der Waals surface area contributed by atoms with E-state index < -0.39 is 22.1 Å². The average Bonchev–Trinajstić information content (AvgIpc) is 3.48. The van der Waals surface area contributed by atoms with Crippen LogP contribution in [0, 0.1) is 5.92 Å². The van der Waals surface area contributed by atoms with E-state index in [1.54, 1.807) is 24.3 Å². The van der Waals surface area contributed by atoms with Crippen LogP contribution < -0.4 is 9.46 Å². The van der Waals surface area contributed by atoms with E-state index in [4.69, 9.17) is 4.74 Å². The van der Waals surface area contributed by atoms with Gasteiger partial charge in [-0.15, -0.1) is 0 Å². The maximum Gasteiger partial charge on any atom is 0.391 e. The lowest BCUT2D eigenvalue weighted by Gasteiger charge is -2.48. The molecule has 1 aromatic carbocycles. The van der Waals surface area contributed by atoms with Crippen molar-refractivity contribution in [3.63, 3.8) is 0 Å². The number of benzene rings is 1. The standard InChI is InChI=1S/C21H25F3N6O3S2/c1-29-17(4-7-26-29)18-10-13(21(22,23)24)5-8-30(18)16-6-9-33-19-11-14(2-3-15(16)19)35(31,32)28-20-25-12-27-34-20/h2-3,7,11-13,16-18H,4-6,8-10H2,1H3,(H,25,27,28)/t13-,16+,17?,18+/m0/s1. The van der Waals surface area contributed by atoms with Crippen LogP contribution in [0.2, 0.25) is 0 Å². The monoisotopic (exact) mass is 530 g/mol. The van der Waals surface area contributed by atoms with Crippen LogP contribution in [0.15, 0.2) is 34.5 Å². The minimum atomic E-state index is -4.24. The van der Waals surface area contributed by atoms with Crippen LogP contribution in [0.4, 0.5) is 18.3 Å². The van der Waals surface area contributed by atoms with Gasteiger partial charge in [0.05, 0.1) is 23.5 Å². The summed E-state index contributed by atoms with van der Waals surface area (Å²) in [5.41, 5.74) is 0.781. The van der Waals surface area contributed by atoms with E-state index in [1.807, 2.05) is 0 Å². The predicted molar refractivity (Wildman–Crippen MR) is 124 cm³/mol. The summed E-state index contributed by atoms with van der Waals surface area (Å²) < 4.78 is 78.5. The first-order valence-corrected chi connectivity index (χ1v) is 13.5. The number of rotatable bonds is 5. The normalized spacial score (nSPS) is 27.5. The van der Waals surface area contributed by atoms with Gasteiger partial charge in [-0.25, -0.2) is 13.4 Å². The number of nitrogens with zero attached hydrogens (tertiary/aromatic N) is 5. The Morgan fingerprint density at radius 3 is 2.74 bits per heavy atom. The van der Waals surface area contributed by atoms with E-state index in [9.17, 15) is 21.6 Å². The number of likely N-dealkylation sites (tertiary alicyclic amines) is 1. The number of piperidine rings is 1. The van der Waals surface area contributed by atoms with E-state index in [-0.39, 0.29) is 41.0 Å². The second-order valence-electron chi connectivity index (χ2n) is 8.95. The molecule has 0 aliphatic carbocycles. The van der Waals surface area contributed by atoms with Crippen LogP contribution in [0.3, 0.4) is 0 Å². The number of sulfonamides is 1. The van der Waals surface area contributed by atoms with E-state index in [0.29, 0.717) is 31.7 Å². The highest BCUT2D eigenvalue weighted by atomic mass is 32.2. The van der Waals surface area contributed by atoms with Crippen LogP contribution in [0.25, 0.3) is 0 Å². The van der Waals surface area contributed by atoms with Gasteiger partial charge in [0.2, 0.25) is 5.13 Å². The number of hydrogen-bond donors (Lipinski definition) is 1. The van der Waals surface area contributed by atoms with Gasteiger partial charge in [-0.05, 0) is 25.5 Å². The molecule has 2 aromatic rings. The minimum absolute atomic E-state index is 0.00674. The summed E-state index contributed by atoms with van der Waals surface area (Å²) in [5, 5.41) is 6.17. The first-order valence-electron chi connectivity index (χ1n) is 11.3. The first kappa shape index (κ1) is 24.3. The van der Waals surface area contributed by atoms with Gasteiger partial charge in [-0.1, -0.05) is 6.07 Å². The van der Waals surface area contributed by atoms with Crippen LogP contribution in [0.1, 0.15) is 37.3 Å². The third kappa shape index (κ3) is 4.83. The van der Waals surface area contributed by atoms with Gasteiger partial charge < -0.3 is 4.74 Å². The fraction of sp³-hybridized carbons (Fsp3) is 0.571. The molecule has 1 N–H and O–H groups in total. The molecule has 1 unspecified atom stereocenters. The van der Waals surface area contributed by atoms with E-state index >= 15 is 0 Å². The van der Waals surface area contributed by atoms with Gasteiger partial charge in [0.25, 0.3) is 10.0 Å². The Balaban J connectivity index is 1.43. The average molecular weight is 531 g/mol. The van der Waals surface area contributed by atoms with Gasteiger partial charge in [-0.2, -0.15) is 22.6 Å². The summed E-state index contributed by atoms with van der Waals surface area (Å²) in [7, 11) is -2.10. The largest absolute Gasteiger partial charge is 0.493 e. The number of aromatic nitrogens is 2. The molecule has 1 fully saturated rings. The Kier molecular flexibility index (Phi) is 6.38. The smallest absolute Gasteiger partial charge is 0.391 e. The third-order valence-corrected chi connectivity index (χ3v) is 9.02. The molecule has 1 saturated heterocycles. The first-order chi connectivity index (χ1) is 16.6. The molecule has 0 saturated carbocycles. The Morgan fingerprint density at radius 1 is 1.23 bits per heavy atom. The highest BCUT2D eigenvalue weighted by Crippen LogP contribution is 2.45. The molecule has 9 nitrogen and oxygen atoms in total. The van der Waals surface area contributed by atoms with E-state index in [0.717, 1.165) is 17.1 Å². The second kappa shape index (κ2) is 9.21. The molecule has 35 heavy (non-hydrogen) atoms. The molecule has 3 aliphatic rings. The zero-order valence-corrected chi connectivity index (χ0v) is 20.5. The molecule has 1 aromatic heterocycles. The van der Waals surface area contributed by atoms with Crippen molar-refractivity contribution in [1.29, 1.82) is 0 Å². The maximum atomic E-state index is 13.6. The summed E-state index contributed by atoms with van der Waals surface area (Å²) in [6, 6.07) is 3.98. The van der Waals surface area contributed by atoms with Gasteiger partial charge in [0.1, 0.15) is 12.1 Å². The summed E-state index contributed by atoms with van der Waals surface area (Å²) in [5.74, 6) is -0.926. The molecule has 3 aliphatic heterocycles. The van der Waals surface area contributed by atoms with Crippen molar-refractivity contribution in [3.8, 4) is 5.75 Å². The number of hydrogen-bond acceptors (Lipinski definition) is 9. The number of nitrogens with one attached hydrogen (secondary N) is 1. The van der Waals surface area contributed by atoms with Crippen molar-refractivity contribution >= 4 is 32.9 Å². The van der Waals surface area contributed by atoms with Crippen molar-refractivity contribution in [1.82, 2.24) is 19.3 Å². The highest BCUT2D eigenvalue weighted by molar-refractivity contribution is 7.93. The molecule has 190 valence electrons. The van der Waals surface area contributed by atoms with Crippen molar-refractivity contribution in [3.05, 3.63) is 30.1 Å². The number of hydrazone groups is 1. The molecular formula is C21H25F3N6O3S2. The van der Waals surface area contributed by atoms with E-state index in [2.05, 4.69) is 24.1 Å². The lowest BCUT2D eigenvalue weighted by molar-refractivity contribution is -0.194. The van der Waals surface area contributed by atoms with Crippen molar-refractivity contribution in [2.45, 2.75) is 54.9 Å². The maximum absolute atomic E-state index is 13.6. The van der Waals surface area contributed by atoms with Crippen LogP contribution in [-0.2, 0) is 10.0 Å². The van der Waals surface area contributed by atoms with Crippen molar-refractivity contribution < 1.29 is 26.3 Å². The molecule has 0 radical (unpaired) electrons. The lowest BCUT2D eigenvalue weighted by Crippen LogP contribution is -2.55. The number of fused-ring (bicyclic) bond motifs is 1. The Bertz CT molecular complexity index is 1190. The Labute approximate surface area is 205 Å². The molecule has 0 spiro atoms. The van der Waals surface area contributed by atoms with Crippen LogP contribution >= 0.6 is 11.5 Å². The summed E-state index contributed by atoms with van der Waals surface area (Å²) in [6.07, 6.45) is 0.00190. The zero-order valence-electron chi connectivity index (χ0n) is 18.8. The number of likely N-dealkylation sites (N-methyl/N-ethyl adjacent to an activating group) is 1. The summed E-state index contributed by atoms with van der Waals surface area (Å²) >= 11 is 0.923. The predicted octanol–water partition coefficient (Wildman–Crippen LogP) is 3.50. The highest BCUT2D eigenvalue weighted by Gasteiger charge is 2.49. The van der Waals surface area contributed by atoms with Gasteiger partial charge in [-0.3, -0.25) is 14.6 Å². The van der Waals surface area contributed by atoms with Crippen molar-refractivity contribution in [2.75, 3.05) is 24.9 Å². The van der Waals surface area contributed by atoms with Gasteiger partial charge >= 0.3 is 6.18 Å². The molecule has 0 amide bonds. The Hall–Kier alpha value is -2.45. The topological polar surface area (TPSA) is 100 Å². The van der Waals surface area contributed by atoms with Crippen molar-refractivity contribution in [2.24, 2.45) is 11.0 Å². The van der Waals surface area contributed by atoms with Crippen LogP contribution in [-0.4, -0.2) is 72.4 Å². The summed E-state index contributed by atoms with van der Waals surface area (Å²) in [4.78, 5) is 6.01. The molecular weight excluding hydrogens is 505 g/mol. The molecule has 5 rings (SSSR count). The fourth-order valence-corrected chi connectivity index (χ4v) is 6.94. The van der Waals surface area contributed by atoms with Crippen LogP contribution in [0.5, 0.6) is 5.75 Å². The molecule has 0 bridgehead atoms. The number of halogens is 3. The third-order valence-electron chi connectivity index (χ3n) is 6.97. The number of anilines is 1. The van der Waals surface area contributed by atoms with E-state index in [1.165, 1.54) is 18.5 Å². The molecule has 14 heteroatoms. The lowest BCUT2D eigenvalue weighted by atomic mass is 9.83. The number of ether oxygens (including phenoxy) is 1. The molecule has 4 heterocycles. The second-order valence-corrected chi connectivity index (χ2v) is 11.4. The Morgan fingerprint density at radius 2 is 2.06 bits per heavy atom. The quantitative estimate of drug-likeness (QED) is 0.632. The minimum Gasteiger partial charge on any atom is -0.493 e. The fourth-order valence-electron chi connectivity index (χ4n) is 5.26. The van der Waals surface area contributed by atoms with Gasteiger partial charge in [0, 0.05) is 61.3 Å². The SMILES string of the molecule is CN1N=CCC1[C@H]1C[C@@H](C(F)(F)F)CCN1[C@@H]1CCOc2cc(S(=O)(=O)Nc3ncns3)ccc21. The zero-order chi connectivity index (χ0) is 24.8. The summed E-state index contributed by atoms with van der Waals surface area (Å²) in [6.45, 7) is 0.635. The molecule has 4 atom stereocenters.